The number of piperazine rings is 1. The molecule has 1 aliphatic rings. The number of para-hydroxylation sites is 1. The van der Waals surface area contributed by atoms with Crippen LogP contribution < -0.4 is 15.1 Å². The van der Waals surface area contributed by atoms with Gasteiger partial charge in [-0.05, 0) is 43.2 Å². The van der Waals surface area contributed by atoms with Gasteiger partial charge >= 0.3 is 0 Å². The van der Waals surface area contributed by atoms with Crippen LogP contribution in [0.4, 0.5) is 23.0 Å². The largest absolute Gasteiger partial charge is 0.368 e. The zero-order valence-corrected chi connectivity index (χ0v) is 16.6. The van der Waals surface area contributed by atoms with Gasteiger partial charge < -0.3 is 15.1 Å². The zero-order chi connectivity index (χ0) is 19.3. The van der Waals surface area contributed by atoms with Crippen LogP contribution in [0.25, 0.3) is 0 Å². The highest BCUT2D eigenvalue weighted by molar-refractivity contribution is 5.60. The summed E-state index contributed by atoms with van der Waals surface area (Å²) in [5, 5.41) is 3.42. The summed E-state index contributed by atoms with van der Waals surface area (Å²) in [6.45, 7) is 8.02. The second-order valence-corrected chi connectivity index (χ2v) is 7.14. The summed E-state index contributed by atoms with van der Waals surface area (Å²) in [5.41, 5.74) is 3.68. The fourth-order valence-corrected chi connectivity index (χ4v) is 3.58. The maximum absolute atomic E-state index is 4.68. The van der Waals surface area contributed by atoms with Crippen LogP contribution in [-0.2, 0) is 6.42 Å². The molecule has 5 nitrogen and oxygen atoms in total. The number of benzene rings is 2. The highest BCUT2D eigenvalue weighted by Crippen LogP contribution is 2.23. The third kappa shape index (κ3) is 4.25. The third-order valence-corrected chi connectivity index (χ3v) is 5.18. The second-order valence-electron chi connectivity index (χ2n) is 7.14. The Hall–Kier alpha value is -3.08. The molecule has 2 aromatic carbocycles. The summed E-state index contributed by atoms with van der Waals surface area (Å²) in [6, 6.07) is 21.2. The lowest BCUT2D eigenvalue weighted by Crippen LogP contribution is -2.46. The number of nitrogens with zero attached hydrogens (tertiary/aromatic N) is 4. The summed E-state index contributed by atoms with van der Waals surface area (Å²) in [6.07, 6.45) is 1.05. The molecule has 0 bridgehead atoms. The maximum atomic E-state index is 4.68. The van der Waals surface area contributed by atoms with Crippen molar-refractivity contribution in [2.45, 2.75) is 20.3 Å². The van der Waals surface area contributed by atoms with Crippen LogP contribution in [0.2, 0.25) is 0 Å². The molecular weight excluding hydrogens is 346 g/mol. The van der Waals surface area contributed by atoms with Crippen LogP contribution >= 0.6 is 0 Å². The second kappa shape index (κ2) is 8.30. The van der Waals surface area contributed by atoms with E-state index in [1.54, 1.807) is 0 Å². The molecule has 0 amide bonds. The molecule has 0 unspecified atom stereocenters. The normalized spacial score (nSPS) is 14.2. The van der Waals surface area contributed by atoms with Crippen molar-refractivity contribution in [2.75, 3.05) is 41.3 Å². The Balaban J connectivity index is 1.45. The first-order valence-electron chi connectivity index (χ1n) is 9.98. The summed E-state index contributed by atoms with van der Waals surface area (Å²) >= 11 is 0. The van der Waals surface area contributed by atoms with E-state index in [-0.39, 0.29) is 0 Å². The predicted molar refractivity (Wildman–Crippen MR) is 117 cm³/mol. The van der Waals surface area contributed by atoms with E-state index in [4.69, 9.17) is 0 Å². The Morgan fingerprint density at radius 1 is 0.857 bits per heavy atom. The number of nitrogens with one attached hydrogen (secondary N) is 1. The van der Waals surface area contributed by atoms with Gasteiger partial charge in [0, 0.05) is 43.6 Å². The van der Waals surface area contributed by atoms with Gasteiger partial charge in [0.25, 0.3) is 0 Å². The molecule has 28 heavy (non-hydrogen) atoms. The minimum absolute atomic E-state index is 0.788. The minimum atomic E-state index is 0.788. The lowest BCUT2D eigenvalue weighted by atomic mass is 10.1. The number of rotatable bonds is 5. The zero-order valence-electron chi connectivity index (χ0n) is 16.6. The smallest absolute Gasteiger partial charge is 0.136 e. The van der Waals surface area contributed by atoms with Crippen LogP contribution in [0.1, 0.15) is 18.3 Å². The molecule has 1 aromatic heterocycles. The van der Waals surface area contributed by atoms with E-state index in [0.29, 0.717) is 0 Å². The van der Waals surface area contributed by atoms with Crippen LogP contribution in [0.5, 0.6) is 0 Å². The number of aryl methyl sites for hydroxylation is 2. The average molecular weight is 374 g/mol. The fraction of sp³-hybridized carbons (Fsp3) is 0.304. The van der Waals surface area contributed by atoms with E-state index >= 15 is 0 Å². The maximum Gasteiger partial charge on any atom is 0.136 e. The van der Waals surface area contributed by atoms with E-state index in [0.717, 1.165) is 55.7 Å². The monoisotopic (exact) mass is 373 g/mol. The first kappa shape index (κ1) is 18.3. The van der Waals surface area contributed by atoms with Crippen LogP contribution in [0.3, 0.4) is 0 Å². The molecule has 2 heterocycles. The summed E-state index contributed by atoms with van der Waals surface area (Å²) < 4.78 is 0. The lowest BCUT2D eigenvalue weighted by Gasteiger charge is -2.36. The molecule has 3 aromatic rings. The number of anilines is 4. The van der Waals surface area contributed by atoms with Gasteiger partial charge in [-0.3, -0.25) is 0 Å². The van der Waals surface area contributed by atoms with Crippen molar-refractivity contribution in [3.63, 3.8) is 0 Å². The van der Waals surface area contributed by atoms with E-state index in [9.17, 15) is 0 Å². The van der Waals surface area contributed by atoms with Crippen molar-refractivity contribution in [2.24, 2.45) is 0 Å². The molecule has 1 saturated heterocycles. The Kier molecular flexibility index (Phi) is 5.42. The first-order valence-corrected chi connectivity index (χ1v) is 9.98. The average Bonchev–Trinajstić information content (AvgIpc) is 2.75. The first-order chi connectivity index (χ1) is 13.7. The van der Waals surface area contributed by atoms with Crippen molar-refractivity contribution in [3.8, 4) is 0 Å². The van der Waals surface area contributed by atoms with Gasteiger partial charge in [0.1, 0.15) is 17.5 Å². The fourth-order valence-electron chi connectivity index (χ4n) is 3.58. The number of hydrogen-bond acceptors (Lipinski definition) is 5. The van der Waals surface area contributed by atoms with Crippen LogP contribution in [0, 0.1) is 6.92 Å². The molecule has 0 radical (unpaired) electrons. The summed E-state index contributed by atoms with van der Waals surface area (Å²) in [5.74, 6) is 2.63. The van der Waals surface area contributed by atoms with Gasteiger partial charge in [-0.1, -0.05) is 37.3 Å². The Labute approximate surface area is 167 Å². The van der Waals surface area contributed by atoms with Gasteiger partial charge in [-0.15, -0.1) is 0 Å². The van der Waals surface area contributed by atoms with Crippen molar-refractivity contribution in [1.82, 2.24) is 9.97 Å². The van der Waals surface area contributed by atoms with Crippen molar-refractivity contribution in [1.29, 1.82) is 0 Å². The van der Waals surface area contributed by atoms with E-state index in [1.807, 2.05) is 6.92 Å². The number of hydrogen-bond donors (Lipinski definition) is 1. The van der Waals surface area contributed by atoms with Gasteiger partial charge in [0.05, 0.1) is 0 Å². The highest BCUT2D eigenvalue weighted by Gasteiger charge is 2.19. The van der Waals surface area contributed by atoms with Gasteiger partial charge in [-0.25, -0.2) is 9.97 Å². The Morgan fingerprint density at radius 2 is 1.54 bits per heavy atom. The van der Waals surface area contributed by atoms with E-state index in [2.05, 4.69) is 92.7 Å². The molecule has 0 saturated carbocycles. The molecule has 1 N–H and O–H groups in total. The Morgan fingerprint density at radius 3 is 2.21 bits per heavy atom. The third-order valence-electron chi connectivity index (χ3n) is 5.18. The SMILES string of the molecule is CCc1ccc(Nc2cc(N3CCN(c4ccccc4)CC3)nc(C)n2)cc1. The van der Waals surface area contributed by atoms with E-state index < -0.39 is 0 Å². The Bertz CT molecular complexity index is 900. The molecule has 1 aliphatic heterocycles. The molecule has 0 spiro atoms. The standard InChI is InChI=1S/C23H27N5/c1-3-19-9-11-20(12-10-19)26-22-17-23(25-18(2)24-22)28-15-13-27(14-16-28)21-7-5-4-6-8-21/h4-12,17H,3,13-16H2,1-2H3,(H,24,25,26). The van der Waals surface area contributed by atoms with Crippen molar-refractivity contribution < 1.29 is 0 Å². The van der Waals surface area contributed by atoms with Gasteiger partial charge in [0.15, 0.2) is 0 Å². The highest BCUT2D eigenvalue weighted by atomic mass is 15.3. The lowest BCUT2D eigenvalue weighted by molar-refractivity contribution is 0.646. The summed E-state index contributed by atoms with van der Waals surface area (Å²) in [7, 11) is 0. The van der Waals surface area contributed by atoms with Crippen molar-refractivity contribution >= 4 is 23.0 Å². The molecular formula is C23H27N5. The van der Waals surface area contributed by atoms with Crippen molar-refractivity contribution in [3.05, 3.63) is 72.1 Å². The van der Waals surface area contributed by atoms with Gasteiger partial charge in [-0.2, -0.15) is 0 Å². The molecule has 0 atom stereocenters. The molecule has 4 rings (SSSR count). The molecule has 0 aliphatic carbocycles. The minimum Gasteiger partial charge on any atom is -0.368 e. The quantitative estimate of drug-likeness (QED) is 0.717. The van der Waals surface area contributed by atoms with Crippen LogP contribution in [0.15, 0.2) is 60.7 Å². The van der Waals surface area contributed by atoms with Crippen LogP contribution in [-0.4, -0.2) is 36.1 Å². The topological polar surface area (TPSA) is 44.3 Å². The molecule has 144 valence electrons. The van der Waals surface area contributed by atoms with E-state index in [1.165, 1.54) is 11.3 Å². The summed E-state index contributed by atoms with van der Waals surface area (Å²) in [4.78, 5) is 14.0. The molecule has 1 fully saturated rings. The van der Waals surface area contributed by atoms with Gasteiger partial charge in [0.2, 0.25) is 0 Å². The number of aromatic nitrogens is 2. The predicted octanol–water partition coefficient (Wildman–Crippen LogP) is 4.42. The molecule has 5 heteroatoms.